The number of hydrogen-bond donors (Lipinski definition) is 7. The Morgan fingerprint density at radius 2 is 1.33 bits per heavy atom. The molecule has 4 atom stereocenters. The molecule has 0 radical (unpaired) electrons. The van der Waals surface area contributed by atoms with Crippen LogP contribution in [0.4, 0.5) is 0 Å². The number of aliphatic imine (C=N–C) groups is 1. The van der Waals surface area contributed by atoms with E-state index in [2.05, 4.69) is 20.9 Å². The molecule has 0 aromatic rings. The summed E-state index contributed by atoms with van der Waals surface area (Å²) in [4.78, 5) is 54.2. The van der Waals surface area contributed by atoms with Gasteiger partial charge in [-0.1, -0.05) is 13.8 Å². The largest absolute Gasteiger partial charge is 0.480 e. The van der Waals surface area contributed by atoms with Crippen LogP contribution in [0.1, 0.15) is 46.0 Å². The summed E-state index contributed by atoms with van der Waals surface area (Å²) in [5, 5.41) is 17.4. The molecule has 10 N–H and O–H groups in total. The lowest BCUT2D eigenvalue weighted by Crippen LogP contribution is -2.57. The van der Waals surface area contributed by atoms with Crippen molar-refractivity contribution in [2.24, 2.45) is 28.1 Å². The number of nitrogens with one attached hydrogen (secondary N) is 3. The molecule has 0 fully saturated rings. The average molecular weight is 550 g/mol. The summed E-state index contributed by atoms with van der Waals surface area (Å²) in [6.07, 6.45) is 5.36. The SMILES string of the molecule is CSCCC(N)C(=O)NC(CCCN=C(N)N)C(=O)NC(CCSC)C(=O)NC(CC(C)C)C(=O)O. The Bertz CT molecular complexity index is 736. The van der Waals surface area contributed by atoms with E-state index >= 15 is 0 Å². The molecule has 12 nitrogen and oxygen atoms in total. The number of thioether (sulfide) groups is 2. The molecule has 3 amide bonds. The first-order chi connectivity index (χ1) is 16.9. The van der Waals surface area contributed by atoms with Crippen molar-refractivity contribution in [1.82, 2.24) is 16.0 Å². The molecule has 0 saturated heterocycles. The fourth-order valence-corrected chi connectivity index (χ4v) is 4.13. The van der Waals surface area contributed by atoms with E-state index in [1.54, 1.807) is 11.8 Å². The molecule has 36 heavy (non-hydrogen) atoms. The number of hydrogen-bond acceptors (Lipinski definition) is 8. The Morgan fingerprint density at radius 1 is 0.833 bits per heavy atom. The standard InChI is InChI=1S/C22H43N7O5S2/c1-13(2)12-17(21(33)34)29-20(32)16(8-11-36-4)28-19(31)15(6-5-9-26-22(24)25)27-18(30)14(23)7-10-35-3/h13-17H,5-12,23H2,1-4H3,(H,27,30)(H,28,31)(H,29,32)(H,33,34)(H4,24,25,26). The Balaban J connectivity index is 5.53. The summed E-state index contributed by atoms with van der Waals surface area (Å²) >= 11 is 3.04. The molecule has 208 valence electrons. The van der Waals surface area contributed by atoms with Crippen molar-refractivity contribution in [3.63, 3.8) is 0 Å². The maximum atomic E-state index is 13.2. The Morgan fingerprint density at radius 3 is 1.83 bits per heavy atom. The van der Waals surface area contributed by atoms with E-state index in [0.717, 1.165) is 0 Å². The highest BCUT2D eigenvalue weighted by molar-refractivity contribution is 7.98. The quantitative estimate of drug-likeness (QED) is 0.0620. The van der Waals surface area contributed by atoms with E-state index in [-0.39, 0.29) is 37.7 Å². The highest BCUT2D eigenvalue weighted by atomic mass is 32.2. The van der Waals surface area contributed by atoms with E-state index in [1.807, 2.05) is 26.4 Å². The first-order valence-electron chi connectivity index (χ1n) is 11.9. The number of carboxylic acids is 1. The number of carbonyl (C=O) groups excluding carboxylic acids is 3. The lowest BCUT2D eigenvalue weighted by Gasteiger charge is -2.25. The third kappa shape index (κ3) is 15.0. The number of rotatable bonds is 19. The van der Waals surface area contributed by atoms with Gasteiger partial charge in [0.1, 0.15) is 18.1 Å². The number of guanidine groups is 1. The number of aliphatic carboxylic acids is 1. The van der Waals surface area contributed by atoms with Gasteiger partial charge in [0, 0.05) is 6.54 Å². The number of amides is 3. The van der Waals surface area contributed by atoms with Crippen molar-refractivity contribution in [2.45, 2.75) is 70.1 Å². The van der Waals surface area contributed by atoms with Crippen LogP contribution < -0.4 is 33.2 Å². The number of nitrogens with zero attached hydrogens (tertiary/aromatic N) is 1. The van der Waals surface area contributed by atoms with Crippen LogP contribution in [-0.4, -0.2) is 89.5 Å². The van der Waals surface area contributed by atoms with Gasteiger partial charge in [-0.05, 0) is 62.0 Å². The van der Waals surface area contributed by atoms with Gasteiger partial charge in [-0.25, -0.2) is 4.79 Å². The van der Waals surface area contributed by atoms with Gasteiger partial charge in [0.15, 0.2) is 5.96 Å². The molecule has 0 saturated carbocycles. The first-order valence-corrected chi connectivity index (χ1v) is 14.6. The maximum Gasteiger partial charge on any atom is 0.326 e. The van der Waals surface area contributed by atoms with Crippen molar-refractivity contribution in [3.05, 3.63) is 0 Å². The summed E-state index contributed by atoms with van der Waals surface area (Å²) in [7, 11) is 0. The second-order valence-corrected chi connectivity index (χ2v) is 10.7. The number of carboxylic acid groups (broad SMARTS) is 1. The third-order valence-electron chi connectivity index (χ3n) is 5.11. The molecular weight excluding hydrogens is 506 g/mol. The Kier molecular flexibility index (Phi) is 17.8. The fourth-order valence-electron chi connectivity index (χ4n) is 3.17. The average Bonchev–Trinajstić information content (AvgIpc) is 2.80. The van der Waals surface area contributed by atoms with Gasteiger partial charge < -0.3 is 38.3 Å². The normalized spacial score (nSPS) is 14.3. The molecule has 0 aliphatic rings. The molecule has 14 heteroatoms. The van der Waals surface area contributed by atoms with Crippen LogP contribution in [-0.2, 0) is 19.2 Å². The first kappa shape index (κ1) is 33.8. The third-order valence-corrected chi connectivity index (χ3v) is 6.40. The summed E-state index contributed by atoms with van der Waals surface area (Å²) in [5.74, 6) is -1.56. The molecule has 4 unspecified atom stereocenters. The maximum absolute atomic E-state index is 13.2. The molecule has 0 rings (SSSR count). The van der Waals surface area contributed by atoms with Crippen molar-refractivity contribution in [3.8, 4) is 0 Å². The zero-order valence-corrected chi connectivity index (χ0v) is 23.3. The minimum absolute atomic E-state index is 0.0470. The summed E-state index contributed by atoms with van der Waals surface area (Å²) in [6, 6.07) is -3.80. The molecular formula is C22H43N7O5S2. The molecule has 0 aromatic carbocycles. The van der Waals surface area contributed by atoms with E-state index < -0.39 is 47.9 Å². The zero-order chi connectivity index (χ0) is 27.7. The predicted octanol–water partition coefficient (Wildman–Crippen LogP) is -0.541. The van der Waals surface area contributed by atoms with Crippen LogP contribution in [0.5, 0.6) is 0 Å². The molecule has 0 aromatic heterocycles. The Hall–Kier alpha value is -2.19. The van der Waals surface area contributed by atoms with Crippen LogP contribution in [0.3, 0.4) is 0 Å². The summed E-state index contributed by atoms with van der Waals surface area (Å²) < 4.78 is 0. The lowest BCUT2D eigenvalue weighted by atomic mass is 10.0. The lowest BCUT2D eigenvalue weighted by molar-refractivity contribution is -0.142. The van der Waals surface area contributed by atoms with Gasteiger partial charge in [0.2, 0.25) is 17.7 Å². The van der Waals surface area contributed by atoms with Crippen LogP contribution in [0.15, 0.2) is 4.99 Å². The molecule has 0 aliphatic carbocycles. The minimum atomic E-state index is -1.14. The molecule has 0 bridgehead atoms. The minimum Gasteiger partial charge on any atom is -0.480 e. The van der Waals surface area contributed by atoms with Crippen LogP contribution in [0, 0.1) is 5.92 Å². The van der Waals surface area contributed by atoms with Crippen molar-refractivity contribution in [2.75, 3.05) is 30.6 Å². The van der Waals surface area contributed by atoms with Crippen molar-refractivity contribution in [1.29, 1.82) is 0 Å². The monoisotopic (exact) mass is 549 g/mol. The van der Waals surface area contributed by atoms with E-state index in [0.29, 0.717) is 24.3 Å². The second-order valence-electron chi connectivity index (χ2n) is 8.77. The van der Waals surface area contributed by atoms with E-state index in [1.165, 1.54) is 11.8 Å². The van der Waals surface area contributed by atoms with Gasteiger partial charge in [-0.15, -0.1) is 0 Å². The Labute approximate surface area is 222 Å². The molecule has 0 heterocycles. The predicted molar refractivity (Wildman–Crippen MR) is 147 cm³/mol. The smallest absolute Gasteiger partial charge is 0.326 e. The topological polar surface area (TPSA) is 215 Å². The van der Waals surface area contributed by atoms with Crippen molar-refractivity contribution >= 4 is 53.2 Å². The second kappa shape index (κ2) is 19.0. The van der Waals surface area contributed by atoms with Crippen LogP contribution in [0.2, 0.25) is 0 Å². The summed E-state index contributed by atoms with van der Waals surface area (Å²) in [5.41, 5.74) is 16.6. The highest BCUT2D eigenvalue weighted by Crippen LogP contribution is 2.09. The van der Waals surface area contributed by atoms with Gasteiger partial charge in [0.05, 0.1) is 6.04 Å². The van der Waals surface area contributed by atoms with Crippen molar-refractivity contribution < 1.29 is 24.3 Å². The van der Waals surface area contributed by atoms with Crippen LogP contribution >= 0.6 is 23.5 Å². The van der Waals surface area contributed by atoms with E-state index in [9.17, 15) is 24.3 Å². The molecule has 0 spiro atoms. The van der Waals surface area contributed by atoms with Crippen LogP contribution in [0.25, 0.3) is 0 Å². The number of carbonyl (C=O) groups is 4. The van der Waals surface area contributed by atoms with Gasteiger partial charge in [0.25, 0.3) is 0 Å². The molecule has 0 aliphatic heterocycles. The van der Waals surface area contributed by atoms with Gasteiger partial charge in [-0.2, -0.15) is 23.5 Å². The van der Waals surface area contributed by atoms with Gasteiger partial charge in [-0.3, -0.25) is 19.4 Å². The fraction of sp³-hybridized carbons (Fsp3) is 0.773. The highest BCUT2D eigenvalue weighted by Gasteiger charge is 2.30. The van der Waals surface area contributed by atoms with Gasteiger partial charge >= 0.3 is 5.97 Å². The number of nitrogens with two attached hydrogens (primary N) is 3. The zero-order valence-electron chi connectivity index (χ0n) is 21.6. The summed E-state index contributed by atoms with van der Waals surface area (Å²) in [6.45, 7) is 3.97. The van der Waals surface area contributed by atoms with E-state index in [4.69, 9.17) is 17.2 Å².